The first-order valence-corrected chi connectivity index (χ1v) is 5.50. The van der Waals surface area contributed by atoms with Crippen LogP contribution in [0.15, 0.2) is 42.6 Å². The lowest BCUT2D eigenvalue weighted by Crippen LogP contribution is -2.04. The summed E-state index contributed by atoms with van der Waals surface area (Å²) in [6.45, 7) is 0. The maximum Gasteiger partial charge on any atom is 0.309 e. The SMILES string of the molecule is COC(=O)Cc1ccnc(-c2ccc(O)cc2)c1. The molecule has 0 fully saturated rings. The molecule has 4 heteroatoms. The Kier molecular flexibility index (Phi) is 3.57. The van der Waals surface area contributed by atoms with Crippen molar-refractivity contribution in [1.29, 1.82) is 0 Å². The van der Waals surface area contributed by atoms with Crippen molar-refractivity contribution < 1.29 is 14.6 Å². The molecular formula is C14H13NO3. The molecule has 2 aromatic rings. The summed E-state index contributed by atoms with van der Waals surface area (Å²) in [5.74, 6) is -0.0673. The molecule has 0 atom stereocenters. The van der Waals surface area contributed by atoms with Crippen LogP contribution in [0.5, 0.6) is 5.75 Å². The van der Waals surface area contributed by atoms with Gasteiger partial charge in [-0.1, -0.05) is 0 Å². The predicted molar refractivity (Wildman–Crippen MR) is 67.1 cm³/mol. The van der Waals surface area contributed by atoms with Gasteiger partial charge < -0.3 is 9.84 Å². The van der Waals surface area contributed by atoms with E-state index in [4.69, 9.17) is 0 Å². The van der Waals surface area contributed by atoms with Crippen LogP contribution >= 0.6 is 0 Å². The number of phenols is 1. The minimum Gasteiger partial charge on any atom is -0.508 e. The number of benzene rings is 1. The number of carbonyl (C=O) groups excluding carboxylic acids is 1. The maximum atomic E-state index is 11.2. The number of phenolic OH excluding ortho intramolecular Hbond substituents is 1. The zero-order valence-corrected chi connectivity index (χ0v) is 9.96. The number of ether oxygens (including phenoxy) is 1. The van der Waals surface area contributed by atoms with Gasteiger partial charge in [0.25, 0.3) is 0 Å². The molecule has 0 aliphatic rings. The second kappa shape index (κ2) is 5.31. The lowest BCUT2D eigenvalue weighted by Gasteiger charge is -2.04. The molecule has 2 rings (SSSR count). The van der Waals surface area contributed by atoms with Gasteiger partial charge in [0, 0.05) is 11.8 Å². The van der Waals surface area contributed by atoms with Crippen LogP contribution < -0.4 is 0 Å². The zero-order chi connectivity index (χ0) is 13.0. The molecule has 0 radical (unpaired) electrons. The number of esters is 1. The highest BCUT2D eigenvalue weighted by atomic mass is 16.5. The molecule has 1 N–H and O–H groups in total. The monoisotopic (exact) mass is 243 g/mol. The first kappa shape index (κ1) is 12.1. The number of pyridine rings is 1. The molecule has 1 aromatic carbocycles. The van der Waals surface area contributed by atoms with Gasteiger partial charge in [-0.05, 0) is 42.0 Å². The number of aromatic nitrogens is 1. The average Bonchev–Trinajstić information content (AvgIpc) is 2.40. The van der Waals surface area contributed by atoms with Crippen molar-refractivity contribution in [3.8, 4) is 17.0 Å². The Morgan fingerprint density at radius 1 is 1.28 bits per heavy atom. The van der Waals surface area contributed by atoms with Crippen LogP contribution in [-0.4, -0.2) is 23.2 Å². The molecule has 18 heavy (non-hydrogen) atoms. The van der Waals surface area contributed by atoms with Crippen LogP contribution in [-0.2, 0) is 16.0 Å². The Hall–Kier alpha value is -2.36. The Labute approximate surface area is 105 Å². The zero-order valence-electron chi connectivity index (χ0n) is 9.96. The highest BCUT2D eigenvalue weighted by Crippen LogP contribution is 2.20. The van der Waals surface area contributed by atoms with Gasteiger partial charge in [0.2, 0.25) is 0 Å². The van der Waals surface area contributed by atoms with Gasteiger partial charge in [0.05, 0.1) is 19.2 Å². The first-order valence-electron chi connectivity index (χ1n) is 5.50. The van der Waals surface area contributed by atoms with Crippen molar-refractivity contribution >= 4 is 5.97 Å². The highest BCUT2D eigenvalue weighted by molar-refractivity contribution is 5.73. The minimum absolute atomic E-state index is 0.212. The molecule has 0 saturated heterocycles. The van der Waals surface area contributed by atoms with Crippen LogP contribution in [0.3, 0.4) is 0 Å². The largest absolute Gasteiger partial charge is 0.508 e. The van der Waals surface area contributed by atoms with E-state index in [1.807, 2.05) is 6.07 Å². The summed E-state index contributed by atoms with van der Waals surface area (Å²) in [5, 5.41) is 9.23. The van der Waals surface area contributed by atoms with Gasteiger partial charge in [-0.2, -0.15) is 0 Å². The van der Waals surface area contributed by atoms with Crippen LogP contribution in [0.4, 0.5) is 0 Å². The Balaban J connectivity index is 2.26. The van der Waals surface area contributed by atoms with Gasteiger partial charge in [0.15, 0.2) is 0 Å². The number of rotatable bonds is 3. The van der Waals surface area contributed by atoms with Gasteiger partial charge >= 0.3 is 5.97 Å². The fourth-order valence-corrected chi connectivity index (χ4v) is 1.61. The molecule has 0 bridgehead atoms. The first-order chi connectivity index (χ1) is 8.69. The van der Waals surface area contributed by atoms with Gasteiger partial charge in [-0.25, -0.2) is 0 Å². The van der Waals surface area contributed by atoms with E-state index in [0.717, 1.165) is 16.8 Å². The van der Waals surface area contributed by atoms with Crippen LogP contribution in [0.2, 0.25) is 0 Å². The fourth-order valence-electron chi connectivity index (χ4n) is 1.61. The molecule has 0 unspecified atom stereocenters. The third kappa shape index (κ3) is 2.85. The van der Waals surface area contributed by atoms with Crippen molar-refractivity contribution in [1.82, 2.24) is 4.98 Å². The molecule has 0 amide bonds. The summed E-state index contributed by atoms with van der Waals surface area (Å²) in [5.41, 5.74) is 2.50. The quantitative estimate of drug-likeness (QED) is 0.839. The summed E-state index contributed by atoms with van der Waals surface area (Å²) in [4.78, 5) is 15.4. The van der Waals surface area contributed by atoms with E-state index in [9.17, 15) is 9.90 Å². The second-order valence-electron chi connectivity index (χ2n) is 3.85. The molecule has 4 nitrogen and oxygen atoms in total. The van der Waals surface area contributed by atoms with Crippen molar-refractivity contribution in [3.05, 3.63) is 48.2 Å². The Morgan fingerprint density at radius 3 is 2.67 bits per heavy atom. The molecule has 0 aliphatic carbocycles. The third-order valence-corrected chi connectivity index (χ3v) is 2.56. The highest BCUT2D eigenvalue weighted by Gasteiger charge is 2.05. The van der Waals surface area contributed by atoms with E-state index in [1.165, 1.54) is 7.11 Å². The topological polar surface area (TPSA) is 59.4 Å². The lowest BCUT2D eigenvalue weighted by atomic mass is 10.1. The Bertz CT molecular complexity index is 549. The van der Waals surface area contributed by atoms with E-state index in [0.29, 0.717) is 0 Å². The standard InChI is InChI=1S/C14H13NO3/c1-18-14(17)9-10-6-7-15-13(8-10)11-2-4-12(16)5-3-11/h2-8,16H,9H2,1H3. The predicted octanol–water partition coefficient (Wildman–Crippen LogP) is 2.17. The summed E-state index contributed by atoms with van der Waals surface area (Å²) in [6.07, 6.45) is 1.88. The second-order valence-corrected chi connectivity index (χ2v) is 3.85. The van der Waals surface area contributed by atoms with Crippen molar-refractivity contribution in [2.75, 3.05) is 7.11 Å². The summed E-state index contributed by atoms with van der Waals surface area (Å²) in [7, 11) is 1.37. The van der Waals surface area contributed by atoms with Crippen LogP contribution in [0, 0.1) is 0 Å². The molecule has 92 valence electrons. The summed E-state index contributed by atoms with van der Waals surface area (Å²) >= 11 is 0. The number of aromatic hydroxyl groups is 1. The number of hydrogen-bond acceptors (Lipinski definition) is 4. The lowest BCUT2D eigenvalue weighted by molar-refractivity contribution is -0.139. The van der Waals surface area contributed by atoms with Crippen molar-refractivity contribution in [3.63, 3.8) is 0 Å². The molecule has 0 saturated carbocycles. The minimum atomic E-state index is -0.280. The molecule has 1 heterocycles. The van der Waals surface area contributed by atoms with E-state index in [2.05, 4.69) is 9.72 Å². The molecule has 0 aliphatic heterocycles. The van der Waals surface area contributed by atoms with E-state index in [-0.39, 0.29) is 18.1 Å². The van der Waals surface area contributed by atoms with Gasteiger partial charge in [-0.15, -0.1) is 0 Å². The third-order valence-electron chi connectivity index (χ3n) is 2.56. The number of carbonyl (C=O) groups is 1. The van der Waals surface area contributed by atoms with Crippen molar-refractivity contribution in [2.45, 2.75) is 6.42 Å². The number of nitrogens with zero attached hydrogens (tertiary/aromatic N) is 1. The molecule has 0 spiro atoms. The Morgan fingerprint density at radius 2 is 2.00 bits per heavy atom. The fraction of sp³-hybridized carbons (Fsp3) is 0.143. The smallest absolute Gasteiger partial charge is 0.309 e. The maximum absolute atomic E-state index is 11.2. The van der Waals surface area contributed by atoms with Gasteiger partial charge in [-0.3, -0.25) is 9.78 Å². The van der Waals surface area contributed by atoms with Crippen LogP contribution in [0.1, 0.15) is 5.56 Å². The van der Waals surface area contributed by atoms with Crippen LogP contribution in [0.25, 0.3) is 11.3 Å². The number of methoxy groups -OCH3 is 1. The molecule has 1 aromatic heterocycles. The number of hydrogen-bond donors (Lipinski definition) is 1. The molecular weight excluding hydrogens is 230 g/mol. The average molecular weight is 243 g/mol. The van der Waals surface area contributed by atoms with E-state index in [1.54, 1.807) is 36.5 Å². The normalized spacial score (nSPS) is 10.1. The van der Waals surface area contributed by atoms with E-state index >= 15 is 0 Å². The summed E-state index contributed by atoms with van der Waals surface area (Å²) < 4.78 is 4.62. The summed E-state index contributed by atoms with van der Waals surface area (Å²) in [6, 6.07) is 10.4. The van der Waals surface area contributed by atoms with Crippen molar-refractivity contribution in [2.24, 2.45) is 0 Å². The van der Waals surface area contributed by atoms with Gasteiger partial charge in [0.1, 0.15) is 5.75 Å². The van der Waals surface area contributed by atoms with E-state index < -0.39 is 0 Å².